The van der Waals surface area contributed by atoms with Gasteiger partial charge in [0.25, 0.3) is 0 Å². The molecule has 0 saturated heterocycles. The predicted octanol–water partition coefficient (Wildman–Crippen LogP) is 5.80. The van der Waals surface area contributed by atoms with E-state index in [1.165, 1.54) is 64.6 Å². The molecule has 1 fully saturated rings. The van der Waals surface area contributed by atoms with Gasteiger partial charge in [0.1, 0.15) is 0 Å². The number of rotatable bonds is 1. The molecule has 5 rings (SSSR count). The molecule has 4 aromatic carbocycles. The minimum atomic E-state index is 0.616. The Morgan fingerprint density at radius 3 is 2.21 bits per heavy atom. The van der Waals surface area contributed by atoms with E-state index in [-0.39, 0.29) is 0 Å². The van der Waals surface area contributed by atoms with E-state index in [9.17, 15) is 0 Å². The molecule has 24 heavy (non-hydrogen) atoms. The Bertz CT molecular complexity index is 1060. The molecule has 120 valence electrons. The summed E-state index contributed by atoms with van der Waals surface area (Å²) in [4.78, 5) is 0. The van der Waals surface area contributed by atoms with Gasteiger partial charge in [0, 0.05) is 22.1 Å². The highest BCUT2D eigenvalue weighted by Crippen LogP contribution is 2.44. The lowest BCUT2D eigenvalue weighted by molar-refractivity contribution is 0.445. The van der Waals surface area contributed by atoms with Crippen molar-refractivity contribution in [2.75, 3.05) is 11.5 Å². The van der Waals surface area contributed by atoms with Crippen molar-refractivity contribution in [3.63, 3.8) is 0 Å². The molecule has 4 N–H and O–H groups in total. The lowest BCUT2D eigenvalue weighted by Gasteiger charge is -2.25. The first kappa shape index (κ1) is 13.9. The van der Waals surface area contributed by atoms with Gasteiger partial charge in [0.15, 0.2) is 0 Å². The van der Waals surface area contributed by atoms with Crippen molar-refractivity contribution in [2.24, 2.45) is 0 Å². The zero-order valence-corrected chi connectivity index (χ0v) is 13.8. The summed E-state index contributed by atoms with van der Waals surface area (Å²) in [7, 11) is 0. The second-order valence-electron chi connectivity index (χ2n) is 7.29. The highest BCUT2D eigenvalue weighted by atomic mass is 14.6. The monoisotopic (exact) mass is 314 g/mol. The predicted molar refractivity (Wildman–Crippen MR) is 105 cm³/mol. The van der Waals surface area contributed by atoms with Crippen LogP contribution in [0, 0.1) is 0 Å². The van der Waals surface area contributed by atoms with Crippen molar-refractivity contribution < 1.29 is 0 Å². The van der Waals surface area contributed by atoms with E-state index < -0.39 is 0 Å². The van der Waals surface area contributed by atoms with Crippen molar-refractivity contribution in [1.29, 1.82) is 0 Å². The first-order valence-electron chi connectivity index (χ1n) is 8.99. The fraction of sp³-hybridized carbons (Fsp3) is 0.273. The summed E-state index contributed by atoms with van der Waals surface area (Å²) in [6, 6.07) is 15.2. The van der Waals surface area contributed by atoms with Gasteiger partial charge in [-0.15, -0.1) is 0 Å². The molecule has 0 atom stereocenters. The van der Waals surface area contributed by atoms with E-state index in [1.807, 2.05) is 6.07 Å². The van der Waals surface area contributed by atoms with E-state index in [2.05, 4.69) is 36.4 Å². The number of anilines is 2. The topological polar surface area (TPSA) is 52.0 Å². The molecule has 1 aliphatic rings. The van der Waals surface area contributed by atoms with E-state index in [0.717, 1.165) is 16.8 Å². The normalized spacial score (nSPS) is 16.5. The Morgan fingerprint density at radius 2 is 1.38 bits per heavy atom. The van der Waals surface area contributed by atoms with Crippen LogP contribution in [-0.2, 0) is 0 Å². The number of nitrogens with two attached hydrogens (primary N) is 2. The van der Waals surface area contributed by atoms with E-state index in [0.29, 0.717) is 5.92 Å². The van der Waals surface area contributed by atoms with Crippen LogP contribution in [-0.4, -0.2) is 0 Å². The van der Waals surface area contributed by atoms with Crippen LogP contribution in [0.15, 0.2) is 42.5 Å². The fourth-order valence-corrected chi connectivity index (χ4v) is 4.69. The van der Waals surface area contributed by atoms with E-state index in [4.69, 9.17) is 11.5 Å². The number of nitrogen functional groups attached to an aromatic ring is 2. The molecule has 2 nitrogen and oxygen atoms in total. The van der Waals surface area contributed by atoms with Crippen LogP contribution in [0.4, 0.5) is 11.4 Å². The van der Waals surface area contributed by atoms with Gasteiger partial charge in [0.2, 0.25) is 0 Å². The molecule has 0 heterocycles. The first-order chi connectivity index (χ1) is 11.7. The highest BCUT2D eigenvalue weighted by Gasteiger charge is 2.21. The summed E-state index contributed by atoms with van der Waals surface area (Å²) in [5.41, 5.74) is 16.1. The maximum Gasteiger partial charge on any atom is 0.0429 e. The second kappa shape index (κ2) is 5.01. The molecule has 1 saturated carbocycles. The fourth-order valence-electron chi connectivity index (χ4n) is 4.69. The van der Waals surface area contributed by atoms with Crippen LogP contribution in [0.5, 0.6) is 0 Å². The Balaban J connectivity index is 1.88. The van der Waals surface area contributed by atoms with Gasteiger partial charge in [-0.05, 0) is 58.0 Å². The zero-order chi connectivity index (χ0) is 16.3. The Kier molecular flexibility index (Phi) is 2.90. The third-order valence-electron chi connectivity index (χ3n) is 5.94. The molecule has 0 radical (unpaired) electrons. The first-order valence-corrected chi connectivity index (χ1v) is 8.99. The van der Waals surface area contributed by atoms with Gasteiger partial charge in [-0.25, -0.2) is 0 Å². The number of hydrogen-bond acceptors (Lipinski definition) is 2. The summed E-state index contributed by atoms with van der Waals surface area (Å²) >= 11 is 0. The third kappa shape index (κ3) is 1.83. The lowest BCUT2D eigenvalue weighted by atomic mass is 9.81. The molecule has 0 bridgehead atoms. The van der Waals surface area contributed by atoms with Crippen molar-refractivity contribution >= 4 is 43.7 Å². The van der Waals surface area contributed by atoms with Gasteiger partial charge >= 0.3 is 0 Å². The minimum absolute atomic E-state index is 0.616. The maximum atomic E-state index is 6.67. The summed E-state index contributed by atoms with van der Waals surface area (Å²) < 4.78 is 0. The SMILES string of the molecule is Nc1ccc2ccc3c(N)c(C4CCCCC4)cc4ccc1c2c43. The molecule has 0 amide bonds. The summed E-state index contributed by atoms with van der Waals surface area (Å²) in [6.07, 6.45) is 6.55. The van der Waals surface area contributed by atoms with Gasteiger partial charge < -0.3 is 11.5 Å². The minimum Gasteiger partial charge on any atom is -0.398 e. The Morgan fingerprint density at radius 1 is 0.708 bits per heavy atom. The maximum absolute atomic E-state index is 6.67. The quantitative estimate of drug-likeness (QED) is 0.345. The van der Waals surface area contributed by atoms with E-state index >= 15 is 0 Å². The molecular weight excluding hydrogens is 292 g/mol. The number of hydrogen-bond donors (Lipinski definition) is 2. The van der Waals surface area contributed by atoms with Crippen LogP contribution < -0.4 is 11.5 Å². The number of benzene rings is 4. The van der Waals surface area contributed by atoms with Crippen molar-refractivity contribution in [3.8, 4) is 0 Å². The highest BCUT2D eigenvalue weighted by molar-refractivity contribution is 6.27. The van der Waals surface area contributed by atoms with Crippen LogP contribution in [0.25, 0.3) is 32.3 Å². The lowest BCUT2D eigenvalue weighted by Crippen LogP contribution is -2.08. The van der Waals surface area contributed by atoms with Gasteiger partial charge in [-0.3, -0.25) is 0 Å². The molecule has 0 unspecified atom stereocenters. The molecule has 4 aromatic rings. The average molecular weight is 314 g/mol. The Labute approximate surface area is 141 Å². The van der Waals surface area contributed by atoms with E-state index in [1.54, 1.807) is 0 Å². The van der Waals surface area contributed by atoms with Crippen LogP contribution >= 0.6 is 0 Å². The van der Waals surface area contributed by atoms with Crippen molar-refractivity contribution in [1.82, 2.24) is 0 Å². The van der Waals surface area contributed by atoms with Gasteiger partial charge in [-0.2, -0.15) is 0 Å². The van der Waals surface area contributed by atoms with Crippen LogP contribution in [0.3, 0.4) is 0 Å². The van der Waals surface area contributed by atoms with Crippen LogP contribution in [0.2, 0.25) is 0 Å². The zero-order valence-electron chi connectivity index (χ0n) is 13.8. The molecule has 0 aromatic heterocycles. The molecular formula is C22H22N2. The summed E-state index contributed by atoms with van der Waals surface area (Å²) in [6.45, 7) is 0. The summed E-state index contributed by atoms with van der Waals surface area (Å²) in [5.74, 6) is 0.616. The van der Waals surface area contributed by atoms with Crippen molar-refractivity contribution in [2.45, 2.75) is 38.0 Å². The Hall–Kier alpha value is -2.48. The van der Waals surface area contributed by atoms with Crippen LogP contribution in [0.1, 0.15) is 43.6 Å². The smallest absolute Gasteiger partial charge is 0.0429 e. The summed E-state index contributed by atoms with van der Waals surface area (Å²) in [5, 5.41) is 7.39. The third-order valence-corrected chi connectivity index (χ3v) is 5.94. The second-order valence-corrected chi connectivity index (χ2v) is 7.29. The molecule has 0 aliphatic heterocycles. The molecule has 0 spiro atoms. The van der Waals surface area contributed by atoms with Gasteiger partial charge in [0.05, 0.1) is 0 Å². The molecule has 2 heteroatoms. The van der Waals surface area contributed by atoms with Crippen molar-refractivity contribution in [3.05, 3.63) is 48.0 Å². The molecule has 1 aliphatic carbocycles. The largest absolute Gasteiger partial charge is 0.398 e. The standard InChI is InChI=1S/C22H22N2/c23-19-11-8-14-6-10-17-21-15(7-9-16(19)20(14)21)12-18(22(17)24)13-4-2-1-3-5-13/h6-13H,1-5,23-24H2. The van der Waals surface area contributed by atoms with Gasteiger partial charge in [-0.1, -0.05) is 49.6 Å². The average Bonchev–Trinajstić information content (AvgIpc) is 2.63.